The van der Waals surface area contributed by atoms with Crippen LogP contribution in [0.25, 0.3) is 5.57 Å². The van der Waals surface area contributed by atoms with Gasteiger partial charge < -0.3 is 10.6 Å². The van der Waals surface area contributed by atoms with E-state index < -0.39 is 5.92 Å². The molecule has 0 heterocycles. The van der Waals surface area contributed by atoms with Crippen LogP contribution in [0.3, 0.4) is 0 Å². The minimum Gasteiger partial charge on any atom is -0.370 e. The van der Waals surface area contributed by atoms with Crippen molar-refractivity contribution in [1.29, 1.82) is 0 Å². The maximum atomic E-state index is 13.2. The summed E-state index contributed by atoms with van der Waals surface area (Å²) in [5, 5.41) is 6.69. The van der Waals surface area contributed by atoms with E-state index in [1.54, 1.807) is 0 Å². The molecule has 4 heteroatoms. The molecule has 0 aromatic heterocycles. The van der Waals surface area contributed by atoms with Gasteiger partial charge in [0.1, 0.15) is 0 Å². The van der Waals surface area contributed by atoms with Crippen molar-refractivity contribution in [2.75, 3.05) is 0 Å². The fourth-order valence-corrected chi connectivity index (χ4v) is 3.85. The van der Waals surface area contributed by atoms with Crippen LogP contribution >= 0.6 is 0 Å². The minimum atomic E-state index is -2.49. The Bertz CT molecular complexity index is 654. The van der Waals surface area contributed by atoms with E-state index in [2.05, 4.69) is 55.3 Å². The van der Waals surface area contributed by atoms with Gasteiger partial charge in [-0.05, 0) is 55.4 Å². The van der Waals surface area contributed by atoms with E-state index in [1.807, 2.05) is 13.8 Å². The SMILES string of the molecule is C=C(NC1CCC(F)(F)CC1)NC(C)C1=C(C)c2ccccc2C1.CC. The first-order valence-corrected chi connectivity index (χ1v) is 9.73. The Morgan fingerprint density at radius 1 is 1.19 bits per heavy atom. The van der Waals surface area contributed by atoms with Gasteiger partial charge in [-0.15, -0.1) is 0 Å². The zero-order chi connectivity index (χ0) is 19.3. The summed E-state index contributed by atoms with van der Waals surface area (Å²) in [6, 6.07) is 8.75. The van der Waals surface area contributed by atoms with Crippen molar-refractivity contribution in [3.63, 3.8) is 0 Å². The zero-order valence-corrected chi connectivity index (χ0v) is 16.5. The molecule has 1 aromatic carbocycles. The molecule has 0 aliphatic heterocycles. The first-order chi connectivity index (χ1) is 12.4. The van der Waals surface area contributed by atoms with Crippen molar-refractivity contribution < 1.29 is 8.78 Å². The average Bonchev–Trinajstić information content (AvgIpc) is 2.96. The van der Waals surface area contributed by atoms with Crippen LogP contribution in [-0.4, -0.2) is 18.0 Å². The molecule has 0 amide bonds. The van der Waals surface area contributed by atoms with Gasteiger partial charge in [0.15, 0.2) is 0 Å². The number of hydrogen-bond acceptors (Lipinski definition) is 2. The van der Waals surface area contributed by atoms with Crippen molar-refractivity contribution in [2.24, 2.45) is 0 Å². The number of benzene rings is 1. The zero-order valence-electron chi connectivity index (χ0n) is 16.5. The molecule has 3 rings (SSSR count). The fourth-order valence-electron chi connectivity index (χ4n) is 3.85. The Balaban J connectivity index is 0.00000117. The number of rotatable bonds is 5. The Morgan fingerprint density at radius 3 is 2.42 bits per heavy atom. The van der Waals surface area contributed by atoms with Gasteiger partial charge in [-0.2, -0.15) is 0 Å². The second-order valence-corrected chi connectivity index (χ2v) is 7.10. The van der Waals surface area contributed by atoms with Gasteiger partial charge in [-0.1, -0.05) is 44.7 Å². The normalized spacial score (nSPS) is 19.9. The third-order valence-corrected chi connectivity index (χ3v) is 5.29. The molecule has 1 atom stereocenters. The van der Waals surface area contributed by atoms with Crippen LogP contribution in [0.2, 0.25) is 0 Å². The molecule has 0 saturated heterocycles. The minimum absolute atomic E-state index is 0.0347. The van der Waals surface area contributed by atoms with E-state index in [0.717, 1.165) is 12.2 Å². The van der Waals surface area contributed by atoms with Crippen LogP contribution < -0.4 is 10.6 Å². The Hall–Kier alpha value is -1.84. The molecule has 0 radical (unpaired) electrons. The maximum absolute atomic E-state index is 13.2. The lowest BCUT2D eigenvalue weighted by atomic mass is 9.92. The molecule has 26 heavy (non-hydrogen) atoms. The van der Waals surface area contributed by atoms with Gasteiger partial charge in [0, 0.05) is 24.9 Å². The van der Waals surface area contributed by atoms with Crippen molar-refractivity contribution >= 4 is 5.57 Å². The lowest BCUT2D eigenvalue weighted by Crippen LogP contribution is -2.42. The fraction of sp³-hybridized carbons (Fsp3) is 0.545. The van der Waals surface area contributed by atoms with E-state index >= 15 is 0 Å². The molecule has 2 aliphatic carbocycles. The highest BCUT2D eigenvalue weighted by Crippen LogP contribution is 2.35. The van der Waals surface area contributed by atoms with Gasteiger partial charge in [0.2, 0.25) is 5.92 Å². The highest BCUT2D eigenvalue weighted by molar-refractivity contribution is 5.75. The lowest BCUT2D eigenvalue weighted by Gasteiger charge is -2.31. The summed E-state index contributed by atoms with van der Waals surface area (Å²) >= 11 is 0. The van der Waals surface area contributed by atoms with Crippen LogP contribution in [0.4, 0.5) is 8.78 Å². The molecule has 1 fully saturated rings. The number of allylic oxidation sites excluding steroid dienone is 1. The highest BCUT2D eigenvalue weighted by Gasteiger charge is 2.35. The van der Waals surface area contributed by atoms with Crippen LogP contribution in [0.15, 0.2) is 42.2 Å². The van der Waals surface area contributed by atoms with Crippen molar-refractivity contribution in [1.82, 2.24) is 10.6 Å². The Labute approximate surface area is 156 Å². The van der Waals surface area contributed by atoms with Crippen LogP contribution in [-0.2, 0) is 6.42 Å². The Morgan fingerprint density at radius 2 is 1.81 bits per heavy atom. The highest BCUT2D eigenvalue weighted by atomic mass is 19.3. The summed E-state index contributed by atoms with van der Waals surface area (Å²) in [4.78, 5) is 0. The summed E-state index contributed by atoms with van der Waals surface area (Å²) in [7, 11) is 0. The smallest absolute Gasteiger partial charge is 0.248 e. The van der Waals surface area contributed by atoms with E-state index in [1.165, 1.54) is 22.3 Å². The molecule has 2 nitrogen and oxygen atoms in total. The number of halogens is 2. The second-order valence-electron chi connectivity index (χ2n) is 7.10. The van der Waals surface area contributed by atoms with E-state index in [4.69, 9.17) is 0 Å². The molecule has 2 N–H and O–H groups in total. The average molecular weight is 363 g/mol. The van der Waals surface area contributed by atoms with E-state index in [-0.39, 0.29) is 24.9 Å². The van der Waals surface area contributed by atoms with Gasteiger partial charge in [-0.3, -0.25) is 0 Å². The van der Waals surface area contributed by atoms with Gasteiger partial charge in [-0.25, -0.2) is 8.78 Å². The summed E-state index contributed by atoms with van der Waals surface area (Å²) < 4.78 is 26.5. The standard InChI is InChI=1S/C20H26F2N2.C2H6/c1-13-18-7-5-4-6-16(18)12-19(13)14(2)23-15(3)24-17-8-10-20(21,22)11-9-17;1-2/h4-7,14,17,23-24H,3,8-12H2,1-2H3;1-2H3. The summed E-state index contributed by atoms with van der Waals surface area (Å²) in [5.41, 5.74) is 5.39. The largest absolute Gasteiger partial charge is 0.370 e. The quantitative estimate of drug-likeness (QED) is 0.706. The third-order valence-electron chi connectivity index (χ3n) is 5.29. The summed E-state index contributed by atoms with van der Waals surface area (Å²) in [6.07, 6.45) is 1.88. The first-order valence-electron chi connectivity index (χ1n) is 9.73. The maximum Gasteiger partial charge on any atom is 0.248 e. The predicted molar refractivity (Wildman–Crippen MR) is 106 cm³/mol. The number of fused-ring (bicyclic) bond motifs is 1. The summed E-state index contributed by atoms with van der Waals surface area (Å²) in [6.45, 7) is 12.3. The molecule has 1 aromatic rings. The molecule has 0 bridgehead atoms. The second kappa shape index (κ2) is 8.70. The van der Waals surface area contributed by atoms with E-state index in [0.29, 0.717) is 12.8 Å². The monoisotopic (exact) mass is 362 g/mol. The lowest BCUT2D eigenvalue weighted by molar-refractivity contribution is -0.0398. The molecular weight excluding hydrogens is 330 g/mol. The molecule has 144 valence electrons. The third kappa shape index (κ3) is 4.87. The predicted octanol–water partition coefficient (Wildman–Crippen LogP) is 5.66. The molecular formula is C22H32F2N2. The van der Waals surface area contributed by atoms with Crippen molar-refractivity contribution in [2.45, 2.75) is 77.8 Å². The summed E-state index contributed by atoms with van der Waals surface area (Å²) in [5.74, 6) is -1.76. The Kier molecular flexibility index (Phi) is 6.85. The van der Waals surface area contributed by atoms with Gasteiger partial charge >= 0.3 is 0 Å². The van der Waals surface area contributed by atoms with Gasteiger partial charge in [0.05, 0.1) is 5.82 Å². The molecule has 1 saturated carbocycles. The van der Waals surface area contributed by atoms with Crippen LogP contribution in [0.1, 0.15) is 64.5 Å². The topological polar surface area (TPSA) is 24.1 Å². The van der Waals surface area contributed by atoms with Crippen LogP contribution in [0, 0.1) is 0 Å². The van der Waals surface area contributed by atoms with Crippen molar-refractivity contribution in [3.8, 4) is 0 Å². The number of alkyl halides is 2. The number of hydrogen-bond donors (Lipinski definition) is 2. The molecule has 1 unspecified atom stereocenters. The van der Waals surface area contributed by atoms with E-state index in [9.17, 15) is 8.78 Å². The molecule has 0 spiro atoms. The molecule has 2 aliphatic rings. The first kappa shape index (κ1) is 20.5. The van der Waals surface area contributed by atoms with Crippen molar-refractivity contribution in [3.05, 3.63) is 53.4 Å². The van der Waals surface area contributed by atoms with Gasteiger partial charge in [0.25, 0.3) is 0 Å². The number of nitrogens with one attached hydrogen (secondary N) is 2. The van der Waals surface area contributed by atoms with Crippen LogP contribution in [0.5, 0.6) is 0 Å².